The molecule has 0 saturated carbocycles. The van der Waals surface area contributed by atoms with Gasteiger partial charge in [-0.1, -0.05) is 50.1 Å². The number of methoxy groups -OCH3 is 1. The monoisotopic (exact) mass is 411 g/mol. The van der Waals surface area contributed by atoms with E-state index in [9.17, 15) is 0 Å². The largest absolute Gasteiger partial charge is 0.497 e. The first-order valence-corrected chi connectivity index (χ1v) is 8.45. The molecule has 0 radical (unpaired) electrons. The van der Waals surface area contributed by atoms with Gasteiger partial charge >= 0.3 is 0 Å². The zero-order valence-electron chi connectivity index (χ0n) is 12.4. The Morgan fingerprint density at radius 2 is 1.62 bits per heavy atom. The van der Waals surface area contributed by atoms with E-state index >= 15 is 0 Å². The second-order valence-corrected chi connectivity index (χ2v) is 6.82. The molecular formula is C17H19Br2NO. The van der Waals surface area contributed by atoms with Crippen molar-refractivity contribution in [2.45, 2.75) is 25.9 Å². The van der Waals surface area contributed by atoms with Crippen LogP contribution in [-0.4, -0.2) is 7.11 Å². The van der Waals surface area contributed by atoms with Crippen molar-refractivity contribution >= 4 is 31.9 Å². The maximum absolute atomic E-state index is 5.20. The number of ether oxygens (including phenoxy) is 1. The van der Waals surface area contributed by atoms with Gasteiger partial charge in [0.1, 0.15) is 5.75 Å². The van der Waals surface area contributed by atoms with Crippen LogP contribution in [0.15, 0.2) is 51.4 Å². The number of hydrogen-bond donors (Lipinski definition) is 1. The molecule has 0 aliphatic carbocycles. The van der Waals surface area contributed by atoms with Crippen LogP contribution in [0.1, 0.15) is 37.1 Å². The Morgan fingerprint density at radius 3 is 2.19 bits per heavy atom. The minimum Gasteiger partial charge on any atom is -0.497 e. The molecule has 2 unspecified atom stereocenters. The Kier molecular flexibility index (Phi) is 5.85. The lowest BCUT2D eigenvalue weighted by molar-refractivity contribution is 0.414. The number of nitrogens with one attached hydrogen (secondary N) is 1. The summed E-state index contributed by atoms with van der Waals surface area (Å²) in [6, 6.07) is 15.0. The van der Waals surface area contributed by atoms with E-state index in [1.54, 1.807) is 7.11 Å². The lowest BCUT2D eigenvalue weighted by Gasteiger charge is -2.22. The van der Waals surface area contributed by atoms with E-state index in [-0.39, 0.29) is 12.1 Å². The van der Waals surface area contributed by atoms with E-state index in [4.69, 9.17) is 4.74 Å². The highest BCUT2D eigenvalue weighted by Crippen LogP contribution is 2.28. The van der Waals surface area contributed by atoms with Crippen molar-refractivity contribution in [3.05, 3.63) is 62.5 Å². The molecule has 0 aliphatic rings. The summed E-state index contributed by atoms with van der Waals surface area (Å²) >= 11 is 7.11. The molecule has 2 aromatic rings. The van der Waals surface area contributed by atoms with Gasteiger partial charge in [-0.05, 0) is 49.2 Å². The molecule has 0 heterocycles. The fraction of sp³-hybridized carbons (Fsp3) is 0.294. The van der Waals surface area contributed by atoms with Gasteiger partial charge in [-0.2, -0.15) is 0 Å². The third-order valence-corrected chi connectivity index (χ3v) is 4.72. The molecule has 0 fully saturated rings. The fourth-order valence-corrected chi connectivity index (χ4v) is 3.70. The number of halogens is 2. The van der Waals surface area contributed by atoms with Gasteiger partial charge in [0.2, 0.25) is 0 Å². The van der Waals surface area contributed by atoms with Crippen molar-refractivity contribution < 1.29 is 4.74 Å². The molecule has 2 aromatic carbocycles. The summed E-state index contributed by atoms with van der Waals surface area (Å²) < 4.78 is 7.38. The van der Waals surface area contributed by atoms with Crippen molar-refractivity contribution in [2.75, 3.05) is 7.11 Å². The fourth-order valence-electron chi connectivity index (χ4n) is 2.31. The quantitative estimate of drug-likeness (QED) is 0.686. The molecule has 2 rings (SSSR count). The maximum Gasteiger partial charge on any atom is 0.118 e. The van der Waals surface area contributed by atoms with Crippen LogP contribution in [0.3, 0.4) is 0 Å². The SMILES string of the molecule is COc1ccc(C(C)NC(C)c2ccc(Br)cc2Br)cc1. The van der Waals surface area contributed by atoms with Crippen LogP contribution < -0.4 is 10.1 Å². The van der Waals surface area contributed by atoms with Gasteiger partial charge in [0.25, 0.3) is 0 Å². The summed E-state index contributed by atoms with van der Waals surface area (Å²) in [5, 5.41) is 3.62. The normalized spacial score (nSPS) is 13.8. The van der Waals surface area contributed by atoms with Gasteiger partial charge in [0.15, 0.2) is 0 Å². The third kappa shape index (κ3) is 4.31. The van der Waals surface area contributed by atoms with Crippen molar-refractivity contribution in [2.24, 2.45) is 0 Å². The summed E-state index contributed by atoms with van der Waals surface area (Å²) in [5.74, 6) is 0.884. The first kappa shape index (κ1) is 16.5. The van der Waals surface area contributed by atoms with Crippen molar-refractivity contribution in [1.29, 1.82) is 0 Å². The highest BCUT2D eigenvalue weighted by atomic mass is 79.9. The topological polar surface area (TPSA) is 21.3 Å². The van der Waals surface area contributed by atoms with E-state index in [2.05, 4.69) is 81.4 Å². The molecule has 0 spiro atoms. The molecule has 2 nitrogen and oxygen atoms in total. The molecule has 0 bridgehead atoms. The first-order chi connectivity index (χ1) is 10.0. The van der Waals surface area contributed by atoms with E-state index in [0.717, 1.165) is 14.7 Å². The number of hydrogen-bond acceptors (Lipinski definition) is 2. The molecule has 4 heteroatoms. The molecule has 112 valence electrons. The minimum atomic E-state index is 0.254. The average Bonchev–Trinajstić information content (AvgIpc) is 2.47. The lowest BCUT2D eigenvalue weighted by Crippen LogP contribution is -2.22. The van der Waals surface area contributed by atoms with Crippen LogP contribution in [0, 0.1) is 0 Å². The highest BCUT2D eigenvalue weighted by Gasteiger charge is 2.13. The van der Waals surface area contributed by atoms with Crippen molar-refractivity contribution in [3.8, 4) is 5.75 Å². The molecule has 21 heavy (non-hydrogen) atoms. The van der Waals surface area contributed by atoms with Crippen LogP contribution >= 0.6 is 31.9 Å². The number of benzene rings is 2. The van der Waals surface area contributed by atoms with Crippen molar-refractivity contribution in [3.63, 3.8) is 0 Å². The van der Waals surface area contributed by atoms with Gasteiger partial charge in [-0.3, -0.25) is 0 Å². The minimum absolute atomic E-state index is 0.254. The Balaban J connectivity index is 2.08. The summed E-state index contributed by atoms with van der Waals surface area (Å²) in [4.78, 5) is 0. The summed E-state index contributed by atoms with van der Waals surface area (Å²) in [7, 11) is 1.68. The highest BCUT2D eigenvalue weighted by molar-refractivity contribution is 9.11. The smallest absolute Gasteiger partial charge is 0.118 e. The molecule has 1 N–H and O–H groups in total. The predicted molar refractivity (Wildman–Crippen MR) is 94.8 cm³/mol. The lowest BCUT2D eigenvalue weighted by atomic mass is 10.0. The van der Waals surface area contributed by atoms with E-state index in [1.165, 1.54) is 11.1 Å². The van der Waals surface area contributed by atoms with E-state index in [1.807, 2.05) is 12.1 Å². The predicted octanol–water partition coefficient (Wildman–Crippen LogP) is 5.63. The third-order valence-electron chi connectivity index (χ3n) is 3.54. The van der Waals surface area contributed by atoms with Crippen molar-refractivity contribution in [1.82, 2.24) is 5.32 Å². The molecular weight excluding hydrogens is 394 g/mol. The van der Waals surface area contributed by atoms with Gasteiger partial charge in [0, 0.05) is 21.0 Å². The summed E-state index contributed by atoms with van der Waals surface area (Å²) in [6.45, 7) is 4.35. The molecule has 0 amide bonds. The Labute approximate surface area is 143 Å². The van der Waals surface area contributed by atoms with Gasteiger partial charge in [-0.25, -0.2) is 0 Å². The van der Waals surface area contributed by atoms with E-state index in [0.29, 0.717) is 0 Å². The van der Waals surface area contributed by atoms with Crippen LogP contribution in [0.2, 0.25) is 0 Å². The van der Waals surface area contributed by atoms with Crippen LogP contribution in [-0.2, 0) is 0 Å². The molecule has 0 aliphatic heterocycles. The zero-order chi connectivity index (χ0) is 15.4. The average molecular weight is 413 g/mol. The Morgan fingerprint density at radius 1 is 0.952 bits per heavy atom. The van der Waals surface area contributed by atoms with Gasteiger partial charge < -0.3 is 10.1 Å². The Bertz CT molecular complexity index is 598. The van der Waals surface area contributed by atoms with Crippen LogP contribution in [0.5, 0.6) is 5.75 Å². The summed E-state index contributed by atoms with van der Waals surface area (Å²) in [6.07, 6.45) is 0. The second-order valence-electron chi connectivity index (χ2n) is 5.05. The first-order valence-electron chi connectivity index (χ1n) is 6.86. The number of rotatable bonds is 5. The Hall–Kier alpha value is -0.840. The van der Waals surface area contributed by atoms with Crippen LogP contribution in [0.4, 0.5) is 0 Å². The molecule has 0 saturated heterocycles. The van der Waals surface area contributed by atoms with E-state index < -0.39 is 0 Å². The van der Waals surface area contributed by atoms with Crippen LogP contribution in [0.25, 0.3) is 0 Å². The van der Waals surface area contributed by atoms with Gasteiger partial charge in [0.05, 0.1) is 7.11 Å². The van der Waals surface area contributed by atoms with Gasteiger partial charge in [-0.15, -0.1) is 0 Å². The maximum atomic E-state index is 5.20. The standard InChI is InChI=1S/C17H19Br2NO/c1-11(13-4-7-15(21-3)8-5-13)20-12(2)16-9-6-14(18)10-17(16)19/h4-12,20H,1-3H3. The molecule has 0 aromatic heterocycles. The zero-order valence-corrected chi connectivity index (χ0v) is 15.5. The summed E-state index contributed by atoms with van der Waals surface area (Å²) in [5.41, 5.74) is 2.49. The molecule has 2 atom stereocenters. The second kappa shape index (κ2) is 7.43.